The maximum Gasteiger partial charge on any atom is 0.308 e. The number of benzene rings is 1. The summed E-state index contributed by atoms with van der Waals surface area (Å²) >= 11 is 0. The monoisotopic (exact) mass is 301 g/mol. The zero-order valence-electron chi connectivity index (χ0n) is 12.6. The Bertz CT molecular complexity index is 648. The minimum absolute atomic E-state index is 0.190. The summed E-state index contributed by atoms with van der Waals surface area (Å²) in [4.78, 5) is 23.6. The number of carbonyl (C=O) groups excluding carboxylic acids is 1. The summed E-state index contributed by atoms with van der Waals surface area (Å²) in [7, 11) is 0. The van der Waals surface area contributed by atoms with Gasteiger partial charge in [0.1, 0.15) is 5.76 Å². The molecule has 22 heavy (non-hydrogen) atoms. The highest BCUT2D eigenvalue weighted by atomic mass is 16.4. The molecular formula is C17H19NO4. The van der Waals surface area contributed by atoms with Gasteiger partial charge in [0.2, 0.25) is 0 Å². The van der Waals surface area contributed by atoms with Gasteiger partial charge in [-0.1, -0.05) is 37.3 Å². The van der Waals surface area contributed by atoms with E-state index in [4.69, 9.17) is 4.42 Å². The van der Waals surface area contributed by atoms with Crippen LogP contribution in [0.3, 0.4) is 0 Å². The summed E-state index contributed by atoms with van der Waals surface area (Å²) in [6, 6.07) is 11.8. The lowest BCUT2D eigenvalue weighted by Gasteiger charge is -2.22. The van der Waals surface area contributed by atoms with Gasteiger partial charge in [0.05, 0.1) is 12.0 Å². The van der Waals surface area contributed by atoms with E-state index < -0.39 is 23.8 Å². The van der Waals surface area contributed by atoms with Gasteiger partial charge < -0.3 is 14.8 Å². The van der Waals surface area contributed by atoms with E-state index in [-0.39, 0.29) is 5.76 Å². The number of aliphatic carboxylic acids is 1. The van der Waals surface area contributed by atoms with Gasteiger partial charge in [-0.25, -0.2) is 0 Å². The third-order valence-corrected chi connectivity index (χ3v) is 3.57. The molecule has 2 aromatic rings. The molecule has 2 N–H and O–H groups in total. The van der Waals surface area contributed by atoms with Crippen LogP contribution < -0.4 is 5.32 Å². The topological polar surface area (TPSA) is 79.5 Å². The Balaban J connectivity index is 2.22. The van der Waals surface area contributed by atoms with Crippen molar-refractivity contribution in [3.8, 4) is 0 Å². The van der Waals surface area contributed by atoms with Crippen LogP contribution in [0.15, 0.2) is 46.9 Å². The molecule has 0 unspecified atom stereocenters. The first-order valence-electron chi connectivity index (χ1n) is 7.20. The molecule has 0 saturated carbocycles. The molecule has 0 spiro atoms. The minimum atomic E-state index is -0.970. The van der Waals surface area contributed by atoms with Gasteiger partial charge >= 0.3 is 5.97 Å². The van der Waals surface area contributed by atoms with E-state index in [1.54, 1.807) is 31.2 Å². The van der Waals surface area contributed by atoms with Crippen molar-refractivity contribution in [1.29, 1.82) is 0 Å². The lowest BCUT2D eigenvalue weighted by molar-refractivity contribution is -0.142. The van der Waals surface area contributed by atoms with Gasteiger partial charge in [-0.05, 0) is 24.6 Å². The highest BCUT2D eigenvalue weighted by molar-refractivity contribution is 5.92. The van der Waals surface area contributed by atoms with Gasteiger partial charge in [-0.2, -0.15) is 0 Å². The third-order valence-electron chi connectivity index (χ3n) is 3.57. The van der Waals surface area contributed by atoms with Crippen LogP contribution in [0.4, 0.5) is 0 Å². The molecule has 1 aromatic carbocycles. The van der Waals surface area contributed by atoms with E-state index in [2.05, 4.69) is 5.32 Å². The van der Waals surface area contributed by atoms with Crippen molar-refractivity contribution < 1.29 is 19.1 Å². The Morgan fingerprint density at radius 2 is 1.86 bits per heavy atom. The van der Waals surface area contributed by atoms with Crippen molar-refractivity contribution in [2.24, 2.45) is 5.92 Å². The highest BCUT2D eigenvalue weighted by Gasteiger charge is 2.27. The van der Waals surface area contributed by atoms with Crippen molar-refractivity contribution in [3.63, 3.8) is 0 Å². The molecule has 0 fully saturated rings. The predicted molar refractivity (Wildman–Crippen MR) is 81.5 cm³/mol. The molecule has 2 rings (SSSR count). The number of nitrogens with one attached hydrogen (secondary N) is 1. The van der Waals surface area contributed by atoms with Crippen LogP contribution >= 0.6 is 0 Å². The Hall–Kier alpha value is -2.56. The maximum absolute atomic E-state index is 12.3. The second kappa shape index (κ2) is 6.93. The molecule has 0 radical (unpaired) electrons. The van der Waals surface area contributed by atoms with Crippen molar-refractivity contribution in [2.45, 2.75) is 26.3 Å². The standard InChI is InChI=1S/C17H19NO4/c1-3-13-9-10-14(22-13)16(19)18-15(11(2)17(20)21)12-7-5-4-6-8-12/h4-11,15H,3H2,1-2H3,(H,18,19)(H,20,21)/t11-,15+/m0/s1. The molecule has 0 aliphatic rings. The summed E-state index contributed by atoms with van der Waals surface area (Å²) in [5, 5.41) is 12.0. The van der Waals surface area contributed by atoms with Crippen LogP contribution in [-0.2, 0) is 11.2 Å². The number of hydrogen-bond donors (Lipinski definition) is 2. The van der Waals surface area contributed by atoms with Crippen molar-refractivity contribution >= 4 is 11.9 Å². The van der Waals surface area contributed by atoms with Gasteiger partial charge in [-0.15, -0.1) is 0 Å². The number of carbonyl (C=O) groups is 2. The molecule has 0 aliphatic carbocycles. The second-order valence-corrected chi connectivity index (χ2v) is 5.11. The third kappa shape index (κ3) is 3.55. The molecule has 116 valence electrons. The molecule has 1 heterocycles. The molecule has 1 amide bonds. The lowest BCUT2D eigenvalue weighted by atomic mass is 9.94. The van der Waals surface area contributed by atoms with Gasteiger partial charge in [0.15, 0.2) is 5.76 Å². The molecule has 0 bridgehead atoms. The second-order valence-electron chi connectivity index (χ2n) is 5.11. The Kier molecular flexibility index (Phi) is 4.99. The molecule has 2 atom stereocenters. The van der Waals surface area contributed by atoms with Crippen LogP contribution in [0.5, 0.6) is 0 Å². The van der Waals surface area contributed by atoms with E-state index in [9.17, 15) is 14.7 Å². The van der Waals surface area contributed by atoms with Crippen molar-refractivity contribution in [3.05, 3.63) is 59.5 Å². The van der Waals surface area contributed by atoms with Crippen LogP contribution in [0.1, 0.15) is 41.8 Å². The van der Waals surface area contributed by atoms with Crippen LogP contribution in [0, 0.1) is 5.92 Å². The number of amides is 1. The fourth-order valence-electron chi connectivity index (χ4n) is 2.20. The van der Waals surface area contributed by atoms with Gasteiger partial charge in [0, 0.05) is 6.42 Å². The molecule has 0 saturated heterocycles. The van der Waals surface area contributed by atoms with E-state index in [1.807, 2.05) is 25.1 Å². The first-order valence-corrected chi connectivity index (χ1v) is 7.20. The maximum atomic E-state index is 12.3. The molecular weight excluding hydrogens is 282 g/mol. The average molecular weight is 301 g/mol. The minimum Gasteiger partial charge on any atom is -0.481 e. The first-order chi connectivity index (χ1) is 10.5. The summed E-state index contributed by atoms with van der Waals surface area (Å²) in [5.74, 6) is -1.24. The van der Waals surface area contributed by atoms with Crippen LogP contribution in [0.25, 0.3) is 0 Å². The normalized spacial score (nSPS) is 13.4. The van der Waals surface area contributed by atoms with E-state index in [0.29, 0.717) is 12.2 Å². The first kappa shape index (κ1) is 15.8. The van der Waals surface area contributed by atoms with Gasteiger partial charge in [-0.3, -0.25) is 9.59 Å². The number of rotatable bonds is 6. The summed E-state index contributed by atoms with van der Waals surface area (Å²) in [6.45, 7) is 3.50. The average Bonchev–Trinajstić information content (AvgIpc) is 3.01. The Labute approximate surface area is 129 Å². The zero-order chi connectivity index (χ0) is 16.1. The number of carboxylic acids is 1. The zero-order valence-corrected chi connectivity index (χ0v) is 12.6. The van der Waals surface area contributed by atoms with E-state index >= 15 is 0 Å². The smallest absolute Gasteiger partial charge is 0.308 e. The largest absolute Gasteiger partial charge is 0.481 e. The number of aryl methyl sites for hydroxylation is 1. The summed E-state index contributed by atoms with van der Waals surface area (Å²) < 4.78 is 5.41. The quantitative estimate of drug-likeness (QED) is 0.859. The predicted octanol–water partition coefficient (Wildman–Crippen LogP) is 3.03. The molecule has 1 aromatic heterocycles. The molecule has 0 aliphatic heterocycles. The molecule has 5 nitrogen and oxygen atoms in total. The number of hydrogen-bond acceptors (Lipinski definition) is 3. The fourth-order valence-corrected chi connectivity index (χ4v) is 2.20. The number of carboxylic acid groups (broad SMARTS) is 1. The SMILES string of the molecule is CCc1ccc(C(=O)N[C@@H](c2ccccc2)[C@H](C)C(=O)O)o1. The van der Waals surface area contributed by atoms with Crippen LogP contribution in [0.2, 0.25) is 0 Å². The summed E-state index contributed by atoms with van der Waals surface area (Å²) in [5.41, 5.74) is 0.744. The summed E-state index contributed by atoms with van der Waals surface area (Å²) in [6.07, 6.45) is 0.695. The van der Waals surface area contributed by atoms with Gasteiger partial charge in [0.25, 0.3) is 5.91 Å². The molecule has 5 heteroatoms. The Morgan fingerprint density at radius 3 is 2.41 bits per heavy atom. The number of furan rings is 1. The van der Waals surface area contributed by atoms with Crippen LogP contribution in [-0.4, -0.2) is 17.0 Å². The fraction of sp³-hybridized carbons (Fsp3) is 0.294. The lowest BCUT2D eigenvalue weighted by Crippen LogP contribution is -2.35. The Morgan fingerprint density at radius 1 is 1.18 bits per heavy atom. The van der Waals surface area contributed by atoms with Crippen molar-refractivity contribution in [2.75, 3.05) is 0 Å². The van der Waals surface area contributed by atoms with E-state index in [0.717, 1.165) is 5.56 Å². The highest BCUT2D eigenvalue weighted by Crippen LogP contribution is 2.23. The van der Waals surface area contributed by atoms with Crippen molar-refractivity contribution in [1.82, 2.24) is 5.32 Å². The van der Waals surface area contributed by atoms with E-state index in [1.165, 1.54) is 0 Å².